The SMILES string of the molecule is NC(=O)c1nc2n(c1CN1CCCC1)C1CC(C1)c1cc(F)c(Br)cc1-2. The number of carbonyl (C=O) groups excluding carboxylic acids is 1. The van der Waals surface area contributed by atoms with E-state index in [0.29, 0.717) is 28.7 Å². The number of amides is 1. The van der Waals surface area contributed by atoms with Crippen LogP contribution in [0.1, 0.15) is 59.4 Å². The van der Waals surface area contributed by atoms with Crippen LogP contribution in [0.15, 0.2) is 16.6 Å². The first-order valence-electron chi connectivity index (χ1n) is 9.15. The zero-order chi connectivity index (χ0) is 18.0. The lowest BCUT2D eigenvalue weighted by Gasteiger charge is -2.36. The minimum atomic E-state index is -0.488. The van der Waals surface area contributed by atoms with Gasteiger partial charge in [0.05, 0.1) is 10.2 Å². The Hall–Kier alpha value is -1.73. The van der Waals surface area contributed by atoms with E-state index in [0.717, 1.165) is 48.6 Å². The summed E-state index contributed by atoms with van der Waals surface area (Å²) in [5, 5.41) is 0. The largest absolute Gasteiger partial charge is 0.364 e. The molecule has 1 aromatic carbocycles. The Morgan fingerprint density at radius 2 is 2.04 bits per heavy atom. The molecule has 0 atom stereocenters. The number of halogens is 2. The van der Waals surface area contributed by atoms with E-state index in [-0.39, 0.29) is 5.82 Å². The van der Waals surface area contributed by atoms with E-state index in [2.05, 4.69) is 30.4 Å². The molecule has 7 heteroatoms. The van der Waals surface area contributed by atoms with Crippen molar-refractivity contribution in [1.82, 2.24) is 14.5 Å². The standard InChI is InChI=1S/C19H20BrFN4O/c20-14-7-13-12(8-15(14)21)10-5-11(6-10)25-16(9-24-3-1-2-4-24)17(18(22)26)23-19(13)25/h7-8,10-11H,1-6,9H2,(H2,22,26). The van der Waals surface area contributed by atoms with Gasteiger partial charge in [-0.25, -0.2) is 9.37 Å². The van der Waals surface area contributed by atoms with E-state index in [4.69, 9.17) is 5.73 Å². The summed E-state index contributed by atoms with van der Waals surface area (Å²) in [5.74, 6) is 0.377. The zero-order valence-corrected chi connectivity index (χ0v) is 15.9. The van der Waals surface area contributed by atoms with Crippen LogP contribution in [0, 0.1) is 5.82 Å². The number of carbonyl (C=O) groups is 1. The summed E-state index contributed by atoms with van der Waals surface area (Å²) in [7, 11) is 0. The highest BCUT2D eigenvalue weighted by Crippen LogP contribution is 2.53. The second-order valence-corrected chi connectivity index (χ2v) is 8.48. The summed E-state index contributed by atoms with van der Waals surface area (Å²) in [4.78, 5) is 19.1. The number of nitrogens with zero attached hydrogens (tertiary/aromatic N) is 3. The Balaban J connectivity index is 1.71. The van der Waals surface area contributed by atoms with Gasteiger partial charge in [0.25, 0.3) is 5.91 Å². The lowest BCUT2D eigenvalue weighted by atomic mass is 9.75. The number of nitrogens with two attached hydrogens (primary N) is 1. The summed E-state index contributed by atoms with van der Waals surface area (Å²) in [6, 6.07) is 3.73. The highest BCUT2D eigenvalue weighted by molar-refractivity contribution is 9.10. The summed E-state index contributed by atoms with van der Waals surface area (Å²) < 4.78 is 16.8. The van der Waals surface area contributed by atoms with Crippen molar-refractivity contribution in [3.63, 3.8) is 0 Å². The molecule has 1 amide bonds. The van der Waals surface area contributed by atoms with Gasteiger partial charge in [0, 0.05) is 18.2 Å². The fraction of sp³-hybridized carbons (Fsp3) is 0.474. The van der Waals surface area contributed by atoms with Gasteiger partial charge in [-0.3, -0.25) is 9.69 Å². The topological polar surface area (TPSA) is 64.2 Å². The van der Waals surface area contributed by atoms with Crippen LogP contribution in [0.2, 0.25) is 0 Å². The zero-order valence-electron chi connectivity index (χ0n) is 14.3. The average molecular weight is 419 g/mol. The molecule has 1 aromatic heterocycles. The van der Waals surface area contributed by atoms with Gasteiger partial charge in [-0.05, 0) is 78.3 Å². The van der Waals surface area contributed by atoms with Crippen molar-refractivity contribution in [3.05, 3.63) is 39.4 Å². The number of rotatable bonds is 3. The first-order chi connectivity index (χ1) is 12.5. The van der Waals surface area contributed by atoms with Crippen molar-refractivity contribution in [2.45, 2.75) is 44.2 Å². The highest BCUT2D eigenvalue weighted by atomic mass is 79.9. The number of likely N-dealkylation sites (tertiary alicyclic amines) is 1. The number of benzene rings is 1. The number of primary amides is 1. The maximum absolute atomic E-state index is 14.1. The molecule has 0 spiro atoms. The average Bonchev–Trinajstić information content (AvgIpc) is 3.14. The van der Waals surface area contributed by atoms with Gasteiger partial charge in [-0.15, -0.1) is 0 Å². The highest BCUT2D eigenvalue weighted by Gasteiger charge is 2.41. The van der Waals surface area contributed by atoms with Crippen LogP contribution in [0.5, 0.6) is 0 Å². The van der Waals surface area contributed by atoms with Crippen LogP contribution in [0.4, 0.5) is 4.39 Å². The summed E-state index contributed by atoms with van der Waals surface area (Å²) in [5.41, 5.74) is 8.87. The molecular weight excluding hydrogens is 399 g/mol. The first kappa shape index (κ1) is 16.4. The van der Waals surface area contributed by atoms with Crippen molar-refractivity contribution in [1.29, 1.82) is 0 Å². The Morgan fingerprint density at radius 1 is 1.31 bits per heavy atom. The Bertz CT molecular complexity index is 913. The van der Waals surface area contributed by atoms with Crippen molar-refractivity contribution in [3.8, 4) is 11.4 Å². The van der Waals surface area contributed by atoms with E-state index in [1.54, 1.807) is 12.1 Å². The molecule has 3 aliphatic heterocycles. The third-order valence-corrected chi connectivity index (χ3v) is 6.67. The van der Waals surface area contributed by atoms with Gasteiger partial charge in [-0.2, -0.15) is 0 Å². The molecular formula is C19H20BrFN4O. The Labute approximate surface area is 159 Å². The van der Waals surface area contributed by atoms with Crippen molar-refractivity contribution < 1.29 is 9.18 Å². The van der Waals surface area contributed by atoms with Gasteiger partial charge in [0.15, 0.2) is 5.69 Å². The van der Waals surface area contributed by atoms with E-state index in [9.17, 15) is 9.18 Å². The van der Waals surface area contributed by atoms with Crippen molar-refractivity contribution >= 4 is 21.8 Å². The molecule has 2 N–H and O–H groups in total. The van der Waals surface area contributed by atoms with Crippen LogP contribution < -0.4 is 5.73 Å². The predicted molar refractivity (Wildman–Crippen MR) is 99.4 cm³/mol. The van der Waals surface area contributed by atoms with Crippen LogP contribution >= 0.6 is 15.9 Å². The first-order valence-corrected chi connectivity index (χ1v) is 9.94. The molecule has 4 heterocycles. The molecule has 6 rings (SSSR count). The quantitative estimate of drug-likeness (QED) is 0.828. The van der Waals surface area contributed by atoms with Crippen LogP contribution in [0.25, 0.3) is 11.4 Å². The van der Waals surface area contributed by atoms with E-state index in [1.807, 2.05) is 0 Å². The molecule has 2 fully saturated rings. The summed E-state index contributed by atoms with van der Waals surface area (Å²) >= 11 is 3.30. The van der Waals surface area contributed by atoms with Crippen molar-refractivity contribution in [2.24, 2.45) is 5.73 Å². The molecule has 2 bridgehead atoms. The number of hydrogen-bond acceptors (Lipinski definition) is 3. The number of aromatic nitrogens is 2. The van der Waals surface area contributed by atoms with Crippen LogP contribution in [0.3, 0.4) is 0 Å². The fourth-order valence-corrected chi connectivity index (χ4v) is 5.04. The molecule has 1 saturated heterocycles. The molecule has 0 radical (unpaired) electrons. The molecule has 1 aliphatic carbocycles. The number of hydrogen-bond donors (Lipinski definition) is 1. The minimum absolute atomic E-state index is 0.250. The lowest BCUT2D eigenvalue weighted by molar-refractivity contribution is 0.0993. The van der Waals surface area contributed by atoms with E-state index in [1.165, 1.54) is 12.8 Å². The second kappa shape index (κ2) is 5.89. The molecule has 4 aliphatic rings. The number of imidazole rings is 1. The van der Waals surface area contributed by atoms with Gasteiger partial charge in [0.2, 0.25) is 0 Å². The lowest BCUT2D eigenvalue weighted by Crippen LogP contribution is -2.28. The predicted octanol–water partition coefficient (Wildman–Crippen LogP) is 3.58. The minimum Gasteiger partial charge on any atom is -0.364 e. The Morgan fingerprint density at radius 3 is 2.73 bits per heavy atom. The summed E-state index contributed by atoms with van der Waals surface area (Å²) in [6.07, 6.45) is 4.30. The van der Waals surface area contributed by atoms with Crippen LogP contribution in [-0.2, 0) is 6.54 Å². The van der Waals surface area contributed by atoms with Gasteiger partial charge < -0.3 is 10.3 Å². The fourth-order valence-electron chi connectivity index (χ4n) is 4.70. The molecule has 136 valence electrons. The Kier molecular flexibility index (Phi) is 3.72. The van der Waals surface area contributed by atoms with Crippen molar-refractivity contribution in [2.75, 3.05) is 13.1 Å². The van der Waals surface area contributed by atoms with Gasteiger partial charge in [-0.1, -0.05) is 0 Å². The maximum Gasteiger partial charge on any atom is 0.269 e. The smallest absolute Gasteiger partial charge is 0.269 e. The molecule has 1 saturated carbocycles. The summed E-state index contributed by atoms with van der Waals surface area (Å²) in [6.45, 7) is 2.78. The normalized spacial score (nSPS) is 23.9. The van der Waals surface area contributed by atoms with Gasteiger partial charge in [0.1, 0.15) is 11.6 Å². The van der Waals surface area contributed by atoms with Crippen LogP contribution in [-0.4, -0.2) is 33.4 Å². The monoisotopic (exact) mass is 418 g/mol. The molecule has 2 aromatic rings. The third-order valence-electron chi connectivity index (χ3n) is 6.07. The maximum atomic E-state index is 14.1. The molecule has 0 unspecified atom stereocenters. The van der Waals surface area contributed by atoms with E-state index >= 15 is 0 Å². The van der Waals surface area contributed by atoms with Gasteiger partial charge >= 0.3 is 0 Å². The van der Waals surface area contributed by atoms with E-state index < -0.39 is 5.91 Å². The third kappa shape index (κ3) is 2.36. The second-order valence-electron chi connectivity index (χ2n) is 7.62. The molecule has 26 heavy (non-hydrogen) atoms. The molecule has 5 nitrogen and oxygen atoms in total.